The van der Waals surface area contributed by atoms with Crippen molar-refractivity contribution in [1.82, 2.24) is 0 Å². The first-order valence-electron chi connectivity index (χ1n) is 7.74. The van der Waals surface area contributed by atoms with Crippen LogP contribution < -0.4 is 14.2 Å². The molecule has 0 aliphatic rings. The molecule has 0 bridgehead atoms. The van der Waals surface area contributed by atoms with Gasteiger partial charge in [-0.3, -0.25) is 9.52 Å². The summed E-state index contributed by atoms with van der Waals surface area (Å²) in [6.07, 6.45) is 0.966. The minimum absolute atomic E-state index is 0.00617. The van der Waals surface area contributed by atoms with E-state index in [1.54, 1.807) is 24.3 Å². The largest absolute Gasteiger partial charge is 0.497 e. The number of hydrogen-bond donors (Lipinski definition) is 1. The van der Waals surface area contributed by atoms with Crippen molar-refractivity contribution < 1.29 is 32.2 Å². The van der Waals surface area contributed by atoms with E-state index in [1.165, 1.54) is 32.4 Å². The van der Waals surface area contributed by atoms with Gasteiger partial charge in [-0.1, -0.05) is 12.1 Å². The van der Waals surface area contributed by atoms with E-state index < -0.39 is 28.4 Å². The molecular formula is C18H19NO7S. The fourth-order valence-corrected chi connectivity index (χ4v) is 2.85. The average Bonchev–Trinajstić information content (AvgIpc) is 2.64. The van der Waals surface area contributed by atoms with Crippen LogP contribution >= 0.6 is 0 Å². The normalized spacial score (nSPS) is 10.8. The van der Waals surface area contributed by atoms with Crippen LogP contribution in [0.25, 0.3) is 0 Å². The molecule has 1 N–H and O–H groups in total. The van der Waals surface area contributed by atoms with Gasteiger partial charge in [0.15, 0.2) is 6.61 Å². The van der Waals surface area contributed by atoms with Crippen LogP contribution in [0, 0.1) is 0 Å². The Hall–Kier alpha value is -3.07. The molecule has 0 aromatic heterocycles. The Bertz CT molecular complexity index is 954. The molecule has 0 unspecified atom stereocenters. The number of ketones is 1. The van der Waals surface area contributed by atoms with Crippen molar-refractivity contribution in [3.63, 3.8) is 0 Å². The molecule has 27 heavy (non-hydrogen) atoms. The summed E-state index contributed by atoms with van der Waals surface area (Å²) in [6, 6.07) is 10.6. The lowest BCUT2D eigenvalue weighted by Gasteiger charge is -2.12. The maximum absolute atomic E-state index is 12.4. The number of methoxy groups -OCH3 is 2. The zero-order valence-corrected chi connectivity index (χ0v) is 15.8. The number of Topliss-reactive ketones (excluding diaryl/α,β-unsaturated/α-hetero) is 1. The smallest absolute Gasteiger partial charge is 0.340 e. The first kappa shape index (κ1) is 20.2. The maximum Gasteiger partial charge on any atom is 0.340 e. The van der Waals surface area contributed by atoms with Crippen LogP contribution in [0.5, 0.6) is 11.5 Å². The summed E-state index contributed by atoms with van der Waals surface area (Å²) in [5.41, 5.74) is 0.261. The number of rotatable bonds is 8. The van der Waals surface area contributed by atoms with Gasteiger partial charge in [-0.15, -0.1) is 0 Å². The van der Waals surface area contributed by atoms with Crippen LogP contribution in [0.2, 0.25) is 0 Å². The molecule has 8 nitrogen and oxygen atoms in total. The van der Waals surface area contributed by atoms with Crippen LogP contribution in [0.15, 0.2) is 42.5 Å². The van der Waals surface area contributed by atoms with E-state index in [1.807, 2.05) is 0 Å². The van der Waals surface area contributed by atoms with Crippen molar-refractivity contribution in [2.24, 2.45) is 0 Å². The third-order valence-electron chi connectivity index (χ3n) is 3.48. The third kappa shape index (κ3) is 5.45. The molecule has 0 saturated heterocycles. The second-order valence-corrected chi connectivity index (χ2v) is 7.23. The summed E-state index contributed by atoms with van der Waals surface area (Å²) in [5, 5.41) is 0. The highest BCUT2D eigenvalue weighted by molar-refractivity contribution is 7.92. The van der Waals surface area contributed by atoms with Gasteiger partial charge in [0.1, 0.15) is 11.5 Å². The maximum atomic E-state index is 12.4. The number of hydrogen-bond acceptors (Lipinski definition) is 7. The van der Waals surface area contributed by atoms with Gasteiger partial charge in [0.05, 0.1) is 37.3 Å². The number of esters is 1. The van der Waals surface area contributed by atoms with Crippen molar-refractivity contribution in [3.8, 4) is 11.5 Å². The van der Waals surface area contributed by atoms with Crippen LogP contribution in [0.4, 0.5) is 5.69 Å². The number of carbonyl (C=O) groups is 2. The first-order chi connectivity index (χ1) is 12.7. The van der Waals surface area contributed by atoms with Crippen molar-refractivity contribution in [3.05, 3.63) is 53.6 Å². The van der Waals surface area contributed by atoms with Gasteiger partial charge in [-0.25, -0.2) is 13.2 Å². The monoisotopic (exact) mass is 393 g/mol. The predicted molar refractivity (Wildman–Crippen MR) is 99.1 cm³/mol. The van der Waals surface area contributed by atoms with Crippen molar-refractivity contribution in [1.29, 1.82) is 0 Å². The van der Waals surface area contributed by atoms with E-state index in [0.29, 0.717) is 11.5 Å². The summed E-state index contributed by atoms with van der Waals surface area (Å²) < 4.78 is 40.3. The van der Waals surface area contributed by atoms with E-state index >= 15 is 0 Å². The lowest BCUT2D eigenvalue weighted by atomic mass is 10.1. The van der Waals surface area contributed by atoms with Gasteiger partial charge in [0, 0.05) is 0 Å². The minimum Gasteiger partial charge on any atom is -0.497 e. The zero-order valence-electron chi connectivity index (χ0n) is 15.0. The van der Waals surface area contributed by atoms with Crippen LogP contribution in [-0.2, 0) is 14.8 Å². The number of sulfonamides is 1. The van der Waals surface area contributed by atoms with Crippen molar-refractivity contribution in [2.75, 3.05) is 31.8 Å². The summed E-state index contributed by atoms with van der Waals surface area (Å²) in [6.45, 7) is -0.546. The number of nitrogens with one attached hydrogen (secondary N) is 1. The summed E-state index contributed by atoms with van der Waals surface area (Å²) >= 11 is 0. The van der Waals surface area contributed by atoms with Gasteiger partial charge in [0.2, 0.25) is 15.8 Å². The topological polar surface area (TPSA) is 108 Å². The van der Waals surface area contributed by atoms with Crippen LogP contribution in [-0.4, -0.2) is 47.3 Å². The standard InChI is InChI=1S/C18H19NO7S/c1-24-12-8-9-17(25-2)14(10-12)16(20)11-26-18(21)13-6-4-5-7-15(13)19-27(3,22)23/h4-10,19H,11H2,1-3H3. The number of anilines is 1. The van der Waals surface area contributed by atoms with E-state index in [2.05, 4.69) is 4.72 Å². The highest BCUT2D eigenvalue weighted by Crippen LogP contribution is 2.25. The van der Waals surface area contributed by atoms with Crippen LogP contribution in [0.3, 0.4) is 0 Å². The Morgan fingerprint density at radius 1 is 1.00 bits per heavy atom. The number of benzene rings is 2. The molecule has 0 atom stereocenters. The molecule has 0 fully saturated rings. The molecule has 0 spiro atoms. The molecule has 0 heterocycles. The fourth-order valence-electron chi connectivity index (χ4n) is 2.27. The van der Waals surface area contributed by atoms with Gasteiger partial charge in [0.25, 0.3) is 0 Å². The summed E-state index contributed by atoms with van der Waals surface area (Å²) in [4.78, 5) is 24.7. The molecule has 2 aromatic rings. The van der Waals surface area contributed by atoms with E-state index in [-0.39, 0.29) is 16.8 Å². The molecule has 0 aliphatic heterocycles. The summed E-state index contributed by atoms with van der Waals surface area (Å²) in [5.74, 6) is -0.561. The lowest BCUT2D eigenvalue weighted by molar-refractivity contribution is 0.0475. The quantitative estimate of drug-likeness (QED) is 0.540. The predicted octanol–water partition coefficient (Wildman–Crippen LogP) is 2.12. The highest BCUT2D eigenvalue weighted by atomic mass is 32.2. The highest BCUT2D eigenvalue weighted by Gasteiger charge is 2.19. The molecule has 2 rings (SSSR count). The van der Waals surface area contributed by atoms with Gasteiger partial charge in [-0.05, 0) is 30.3 Å². The fraction of sp³-hybridized carbons (Fsp3) is 0.222. The number of para-hydroxylation sites is 1. The number of carbonyl (C=O) groups excluding carboxylic acids is 2. The minimum atomic E-state index is -3.58. The Balaban J connectivity index is 2.16. The van der Waals surface area contributed by atoms with Gasteiger partial charge in [-0.2, -0.15) is 0 Å². The molecular weight excluding hydrogens is 374 g/mol. The molecule has 2 aromatic carbocycles. The van der Waals surface area contributed by atoms with Crippen molar-refractivity contribution >= 4 is 27.5 Å². The Kier molecular flexibility index (Phi) is 6.40. The van der Waals surface area contributed by atoms with E-state index in [9.17, 15) is 18.0 Å². The number of ether oxygens (including phenoxy) is 3. The van der Waals surface area contributed by atoms with E-state index in [4.69, 9.17) is 14.2 Å². The molecule has 0 aliphatic carbocycles. The van der Waals surface area contributed by atoms with Gasteiger partial charge >= 0.3 is 5.97 Å². The van der Waals surface area contributed by atoms with Crippen molar-refractivity contribution in [2.45, 2.75) is 0 Å². The molecule has 0 amide bonds. The summed E-state index contributed by atoms with van der Waals surface area (Å²) in [7, 11) is -0.705. The second-order valence-electron chi connectivity index (χ2n) is 5.49. The Morgan fingerprint density at radius 2 is 1.70 bits per heavy atom. The van der Waals surface area contributed by atoms with Crippen LogP contribution in [0.1, 0.15) is 20.7 Å². The average molecular weight is 393 g/mol. The van der Waals surface area contributed by atoms with E-state index in [0.717, 1.165) is 6.26 Å². The molecule has 0 radical (unpaired) electrons. The first-order valence-corrected chi connectivity index (χ1v) is 9.63. The zero-order chi connectivity index (χ0) is 20.0. The lowest BCUT2D eigenvalue weighted by Crippen LogP contribution is -2.18. The third-order valence-corrected chi connectivity index (χ3v) is 4.07. The molecule has 144 valence electrons. The Morgan fingerprint density at radius 3 is 2.33 bits per heavy atom. The SMILES string of the molecule is COc1ccc(OC)c(C(=O)COC(=O)c2ccccc2NS(C)(=O)=O)c1. The molecule has 9 heteroatoms. The van der Waals surface area contributed by atoms with Gasteiger partial charge < -0.3 is 14.2 Å². The Labute approximate surface area is 157 Å². The molecule has 0 saturated carbocycles. The second kappa shape index (κ2) is 8.54.